The predicted molar refractivity (Wildman–Crippen MR) is 50.3 cm³/mol. The second-order valence-electron chi connectivity index (χ2n) is 2.55. The Morgan fingerprint density at radius 3 is 2.85 bits per heavy atom. The molecule has 0 spiro atoms. The molecular weight excluding hydrogens is 189 g/mol. The van der Waals surface area contributed by atoms with Crippen LogP contribution in [0, 0.1) is 5.82 Å². The van der Waals surface area contributed by atoms with E-state index in [2.05, 4.69) is 4.98 Å². The first kappa shape index (κ1) is 8.19. The van der Waals surface area contributed by atoms with Crippen LogP contribution in [-0.4, -0.2) is 4.98 Å². The lowest BCUT2D eigenvalue weighted by molar-refractivity contribution is 0.628. The molecule has 13 heavy (non-hydrogen) atoms. The highest BCUT2D eigenvalue weighted by Gasteiger charge is 2.01. The van der Waals surface area contributed by atoms with Gasteiger partial charge in [0.15, 0.2) is 0 Å². The zero-order valence-electron chi connectivity index (χ0n) is 6.58. The first-order valence-electron chi connectivity index (χ1n) is 3.70. The van der Waals surface area contributed by atoms with Crippen LogP contribution in [0.25, 0.3) is 10.4 Å². The standard InChI is InChI=1S/C9H6FNOS/c10-7-3-1-2-6(4-7)8-5-11-9(12)13-8/h1-5H,(H,11,12). The molecule has 4 heteroatoms. The zero-order chi connectivity index (χ0) is 9.26. The average Bonchev–Trinajstić information content (AvgIpc) is 2.52. The van der Waals surface area contributed by atoms with Crippen molar-refractivity contribution in [3.05, 3.63) is 45.9 Å². The highest BCUT2D eigenvalue weighted by molar-refractivity contribution is 7.12. The fourth-order valence-electron chi connectivity index (χ4n) is 1.07. The van der Waals surface area contributed by atoms with Crippen LogP contribution in [0.3, 0.4) is 0 Å². The van der Waals surface area contributed by atoms with Crippen LogP contribution in [0.1, 0.15) is 0 Å². The molecular formula is C9H6FNOS. The summed E-state index contributed by atoms with van der Waals surface area (Å²) < 4.78 is 12.8. The van der Waals surface area contributed by atoms with Gasteiger partial charge >= 0.3 is 4.87 Å². The van der Waals surface area contributed by atoms with Crippen molar-refractivity contribution < 1.29 is 4.39 Å². The Morgan fingerprint density at radius 1 is 1.38 bits per heavy atom. The summed E-state index contributed by atoms with van der Waals surface area (Å²) in [6.45, 7) is 0. The van der Waals surface area contributed by atoms with E-state index in [0.29, 0.717) is 0 Å². The van der Waals surface area contributed by atoms with Crippen LogP contribution in [0.4, 0.5) is 4.39 Å². The molecule has 0 aliphatic carbocycles. The van der Waals surface area contributed by atoms with Gasteiger partial charge in [-0.3, -0.25) is 4.79 Å². The minimum absolute atomic E-state index is 0.126. The summed E-state index contributed by atoms with van der Waals surface area (Å²) in [6, 6.07) is 6.16. The van der Waals surface area contributed by atoms with E-state index in [9.17, 15) is 9.18 Å². The van der Waals surface area contributed by atoms with Gasteiger partial charge in [0.2, 0.25) is 0 Å². The predicted octanol–water partition coefficient (Wildman–Crippen LogP) is 2.24. The maximum Gasteiger partial charge on any atom is 0.305 e. The van der Waals surface area contributed by atoms with Crippen LogP contribution < -0.4 is 4.87 Å². The van der Waals surface area contributed by atoms with Gasteiger partial charge in [-0.05, 0) is 17.7 Å². The molecule has 0 fully saturated rings. The van der Waals surface area contributed by atoms with Crippen LogP contribution in [0.15, 0.2) is 35.3 Å². The molecule has 0 aliphatic rings. The van der Waals surface area contributed by atoms with Crippen molar-refractivity contribution in [1.82, 2.24) is 4.98 Å². The molecule has 0 saturated carbocycles. The Morgan fingerprint density at radius 2 is 2.23 bits per heavy atom. The molecule has 2 rings (SSSR count). The minimum Gasteiger partial charge on any atom is -0.319 e. The monoisotopic (exact) mass is 195 g/mol. The van der Waals surface area contributed by atoms with Crippen molar-refractivity contribution in [2.45, 2.75) is 0 Å². The Kier molecular flexibility index (Phi) is 1.98. The van der Waals surface area contributed by atoms with E-state index in [1.807, 2.05) is 0 Å². The highest BCUT2D eigenvalue weighted by Crippen LogP contribution is 2.21. The molecule has 0 aliphatic heterocycles. The number of thiazole rings is 1. The molecule has 0 unspecified atom stereocenters. The number of H-pyrrole nitrogens is 1. The van der Waals surface area contributed by atoms with E-state index in [0.717, 1.165) is 21.8 Å². The molecule has 1 heterocycles. The summed E-state index contributed by atoms with van der Waals surface area (Å²) in [5, 5.41) is 0. The van der Waals surface area contributed by atoms with Gasteiger partial charge in [0, 0.05) is 6.20 Å². The normalized spacial score (nSPS) is 10.2. The Hall–Kier alpha value is -1.42. The second-order valence-corrected chi connectivity index (χ2v) is 3.57. The first-order valence-corrected chi connectivity index (χ1v) is 4.52. The number of aromatic amines is 1. The quantitative estimate of drug-likeness (QED) is 0.743. The Labute approximate surface area is 77.7 Å². The molecule has 0 radical (unpaired) electrons. The summed E-state index contributed by atoms with van der Waals surface area (Å²) in [6.07, 6.45) is 1.59. The third-order valence-corrected chi connectivity index (χ3v) is 2.51. The third-order valence-electron chi connectivity index (χ3n) is 1.63. The van der Waals surface area contributed by atoms with E-state index < -0.39 is 0 Å². The SMILES string of the molecule is O=c1[nH]cc(-c2cccc(F)c2)s1. The first-order chi connectivity index (χ1) is 6.25. The van der Waals surface area contributed by atoms with Gasteiger partial charge in [-0.1, -0.05) is 23.5 Å². The largest absolute Gasteiger partial charge is 0.319 e. The van der Waals surface area contributed by atoms with Crippen molar-refractivity contribution >= 4 is 11.3 Å². The number of halogens is 1. The van der Waals surface area contributed by atoms with Gasteiger partial charge in [-0.15, -0.1) is 0 Å². The Balaban J connectivity index is 2.52. The van der Waals surface area contributed by atoms with Gasteiger partial charge in [0.1, 0.15) is 5.82 Å². The zero-order valence-corrected chi connectivity index (χ0v) is 7.40. The summed E-state index contributed by atoms with van der Waals surface area (Å²) in [5.41, 5.74) is 0.725. The number of aromatic nitrogens is 1. The number of benzene rings is 1. The number of hydrogen-bond acceptors (Lipinski definition) is 2. The van der Waals surface area contributed by atoms with E-state index >= 15 is 0 Å². The molecule has 0 amide bonds. The lowest BCUT2D eigenvalue weighted by Crippen LogP contribution is -1.88. The summed E-state index contributed by atoms with van der Waals surface area (Å²) >= 11 is 1.07. The molecule has 0 saturated heterocycles. The molecule has 1 aromatic carbocycles. The number of hydrogen-bond donors (Lipinski definition) is 1. The highest BCUT2D eigenvalue weighted by atomic mass is 32.1. The van der Waals surface area contributed by atoms with Crippen molar-refractivity contribution in [2.24, 2.45) is 0 Å². The second kappa shape index (κ2) is 3.14. The van der Waals surface area contributed by atoms with Crippen LogP contribution in [-0.2, 0) is 0 Å². The molecule has 2 aromatic rings. The van der Waals surface area contributed by atoms with Gasteiger partial charge in [0.25, 0.3) is 0 Å². The average molecular weight is 195 g/mol. The van der Waals surface area contributed by atoms with Crippen LogP contribution >= 0.6 is 11.3 Å². The van der Waals surface area contributed by atoms with E-state index in [1.165, 1.54) is 12.1 Å². The lowest BCUT2D eigenvalue weighted by atomic mass is 10.2. The summed E-state index contributed by atoms with van der Waals surface area (Å²) in [4.78, 5) is 14.0. The van der Waals surface area contributed by atoms with E-state index in [1.54, 1.807) is 18.3 Å². The molecule has 1 aromatic heterocycles. The lowest BCUT2D eigenvalue weighted by Gasteiger charge is -1.94. The smallest absolute Gasteiger partial charge is 0.305 e. The third kappa shape index (κ3) is 1.67. The van der Waals surface area contributed by atoms with Crippen molar-refractivity contribution in [1.29, 1.82) is 0 Å². The van der Waals surface area contributed by atoms with Crippen molar-refractivity contribution in [2.75, 3.05) is 0 Å². The van der Waals surface area contributed by atoms with Gasteiger partial charge in [-0.2, -0.15) is 0 Å². The molecule has 66 valence electrons. The van der Waals surface area contributed by atoms with E-state index in [-0.39, 0.29) is 10.7 Å². The van der Waals surface area contributed by atoms with E-state index in [4.69, 9.17) is 0 Å². The van der Waals surface area contributed by atoms with Gasteiger partial charge in [-0.25, -0.2) is 4.39 Å². The minimum atomic E-state index is -0.293. The van der Waals surface area contributed by atoms with Gasteiger partial charge < -0.3 is 4.98 Å². The summed E-state index contributed by atoms with van der Waals surface area (Å²) in [7, 11) is 0. The molecule has 1 N–H and O–H groups in total. The maximum atomic E-state index is 12.8. The maximum absolute atomic E-state index is 12.8. The van der Waals surface area contributed by atoms with Crippen molar-refractivity contribution in [3.8, 4) is 10.4 Å². The Bertz CT molecular complexity index is 474. The molecule has 2 nitrogen and oxygen atoms in total. The fourth-order valence-corrected chi connectivity index (χ4v) is 1.75. The summed E-state index contributed by atoms with van der Waals surface area (Å²) in [5.74, 6) is -0.293. The molecule has 0 atom stereocenters. The molecule has 0 bridgehead atoms. The number of rotatable bonds is 1. The van der Waals surface area contributed by atoms with Crippen LogP contribution in [0.5, 0.6) is 0 Å². The topological polar surface area (TPSA) is 32.9 Å². The fraction of sp³-hybridized carbons (Fsp3) is 0. The van der Waals surface area contributed by atoms with Crippen molar-refractivity contribution in [3.63, 3.8) is 0 Å². The number of nitrogens with one attached hydrogen (secondary N) is 1. The van der Waals surface area contributed by atoms with Gasteiger partial charge in [0.05, 0.1) is 4.88 Å². The van der Waals surface area contributed by atoms with Crippen LogP contribution in [0.2, 0.25) is 0 Å².